The van der Waals surface area contributed by atoms with Gasteiger partial charge in [0.05, 0.1) is 6.07 Å². The summed E-state index contributed by atoms with van der Waals surface area (Å²) in [6, 6.07) is 26.7. The van der Waals surface area contributed by atoms with Crippen LogP contribution in [0, 0.1) is 11.3 Å². The Hall–Kier alpha value is -3.05. The number of hydrogen-bond donors (Lipinski definition) is 1. The van der Waals surface area contributed by atoms with E-state index >= 15 is 0 Å². The molecule has 3 aromatic rings. The summed E-state index contributed by atoms with van der Waals surface area (Å²) < 4.78 is 0. The summed E-state index contributed by atoms with van der Waals surface area (Å²) in [6.07, 6.45) is 2.41. The number of hydrogen-bond acceptors (Lipinski definition) is 2. The monoisotopic (exact) mass is 284 g/mol. The molecule has 0 fully saturated rings. The molecule has 0 amide bonds. The van der Waals surface area contributed by atoms with Gasteiger partial charge in [0.2, 0.25) is 0 Å². The first kappa shape index (κ1) is 13.9. The van der Waals surface area contributed by atoms with Crippen molar-refractivity contribution >= 4 is 16.5 Å². The van der Waals surface area contributed by atoms with E-state index in [9.17, 15) is 5.26 Å². The number of allylic oxidation sites excluding steroid dienone is 1. The molecule has 22 heavy (non-hydrogen) atoms. The molecule has 0 aliphatic carbocycles. The summed E-state index contributed by atoms with van der Waals surface area (Å²) in [7, 11) is 0. The number of nitrogens with zero attached hydrogens (tertiary/aromatic N) is 1. The van der Waals surface area contributed by atoms with Gasteiger partial charge >= 0.3 is 0 Å². The molecule has 2 nitrogen and oxygen atoms in total. The maximum Gasteiger partial charge on any atom is 0.0965 e. The highest BCUT2D eigenvalue weighted by atomic mass is 14.8. The van der Waals surface area contributed by atoms with E-state index in [1.165, 1.54) is 10.8 Å². The van der Waals surface area contributed by atoms with Gasteiger partial charge in [-0.05, 0) is 28.5 Å². The van der Waals surface area contributed by atoms with Gasteiger partial charge in [0.25, 0.3) is 0 Å². The summed E-state index contributed by atoms with van der Waals surface area (Å²) in [5.41, 5.74) is 2.83. The molecule has 0 atom stereocenters. The molecule has 0 aliphatic rings. The van der Waals surface area contributed by atoms with Crippen LogP contribution in [0.1, 0.15) is 5.56 Å². The molecule has 0 saturated heterocycles. The van der Waals surface area contributed by atoms with E-state index in [0.29, 0.717) is 12.0 Å². The molecule has 0 aliphatic heterocycles. The smallest absolute Gasteiger partial charge is 0.0965 e. The molecule has 0 heterocycles. The minimum absolute atomic E-state index is 0.626. The average Bonchev–Trinajstić information content (AvgIpc) is 2.59. The van der Waals surface area contributed by atoms with Gasteiger partial charge in [-0.3, -0.25) is 0 Å². The van der Waals surface area contributed by atoms with E-state index in [1.54, 1.807) is 6.20 Å². The number of fused-ring (bicyclic) bond motifs is 1. The summed E-state index contributed by atoms with van der Waals surface area (Å²) in [6.45, 7) is 0. The topological polar surface area (TPSA) is 35.8 Å². The van der Waals surface area contributed by atoms with E-state index in [4.69, 9.17) is 0 Å². The number of para-hydroxylation sites is 1. The van der Waals surface area contributed by atoms with Gasteiger partial charge in [0.15, 0.2) is 0 Å². The predicted octanol–water partition coefficient (Wildman–Crippen LogP) is 4.90. The largest absolute Gasteiger partial charge is 0.361 e. The molecule has 3 rings (SSSR count). The number of nitrogens with one attached hydrogen (secondary N) is 1. The van der Waals surface area contributed by atoms with Crippen LogP contribution in [0.15, 0.2) is 84.6 Å². The molecule has 106 valence electrons. The van der Waals surface area contributed by atoms with E-state index < -0.39 is 0 Å². The lowest BCUT2D eigenvalue weighted by atomic mass is 10.0. The second-order valence-electron chi connectivity index (χ2n) is 5.15. The molecule has 3 aromatic carbocycles. The van der Waals surface area contributed by atoms with Crippen LogP contribution in [-0.4, -0.2) is 0 Å². The molecule has 1 N–H and O–H groups in total. The third kappa shape index (κ3) is 3.34. The minimum Gasteiger partial charge on any atom is -0.361 e. The van der Waals surface area contributed by atoms with Crippen molar-refractivity contribution in [2.24, 2.45) is 0 Å². The Labute approximate surface area is 130 Å². The van der Waals surface area contributed by atoms with Crippen LogP contribution in [0.25, 0.3) is 10.8 Å². The third-order valence-electron chi connectivity index (χ3n) is 3.54. The Bertz CT molecular complexity index is 842. The van der Waals surface area contributed by atoms with Crippen LogP contribution >= 0.6 is 0 Å². The number of nitriles is 1. The van der Waals surface area contributed by atoms with Crippen molar-refractivity contribution in [1.29, 1.82) is 5.26 Å². The van der Waals surface area contributed by atoms with Crippen LogP contribution in [0.3, 0.4) is 0 Å². The normalized spacial score (nSPS) is 11.1. The van der Waals surface area contributed by atoms with E-state index in [2.05, 4.69) is 41.7 Å². The van der Waals surface area contributed by atoms with Crippen molar-refractivity contribution in [2.75, 3.05) is 5.32 Å². The molecule has 0 saturated carbocycles. The van der Waals surface area contributed by atoms with Crippen LogP contribution in [-0.2, 0) is 6.42 Å². The molecular formula is C20H16N2. The third-order valence-corrected chi connectivity index (χ3v) is 3.54. The van der Waals surface area contributed by atoms with Crippen molar-refractivity contribution < 1.29 is 0 Å². The maximum absolute atomic E-state index is 9.32. The fourth-order valence-electron chi connectivity index (χ4n) is 2.40. The van der Waals surface area contributed by atoms with E-state index in [1.807, 2.05) is 42.5 Å². The molecule has 2 heteroatoms. The lowest BCUT2D eigenvalue weighted by Gasteiger charge is -2.04. The second kappa shape index (κ2) is 6.60. The van der Waals surface area contributed by atoms with Gasteiger partial charge in [0, 0.05) is 23.9 Å². The van der Waals surface area contributed by atoms with Crippen molar-refractivity contribution in [1.82, 2.24) is 0 Å². The zero-order valence-corrected chi connectivity index (χ0v) is 12.2. The van der Waals surface area contributed by atoms with Crippen molar-refractivity contribution in [3.05, 3.63) is 90.1 Å². The molecular weight excluding hydrogens is 268 g/mol. The maximum atomic E-state index is 9.32. The Morgan fingerprint density at radius 2 is 1.64 bits per heavy atom. The summed E-state index contributed by atoms with van der Waals surface area (Å²) in [5.74, 6) is 0. The standard InChI is InChI=1S/C20H16N2/c21-14-17(15-22-20-8-2-1-3-9-20)12-16-10-11-18-6-4-5-7-19(18)13-16/h1-11,13,15,22H,12H2/b17-15-. The minimum atomic E-state index is 0.626. The van der Waals surface area contributed by atoms with Gasteiger partial charge in [-0.2, -0.15) is 5.26 Å². The first-order valence-electron chi connectivity index (χ1n) is 7.23. The van der Waals surface area contributed by atoms with Gasteiger partial charge in [-0.1, -0.05) is 60.7 Å². The number of rotatable bonds is 4. The van der Waals surface area contributed by atoms with Crippen LogP contribution < -0.4 is 5.32 Å². The first-order chi connectivity index (χ1) is 10.8. The highest BCUT2D eigenvalue weighted by Gasteiger charge is 2.01. The quantitative estimate of drug-likeness (QED) is 0.691. The Morgan fingerprint density at radius 1 is 0.909 bits per heavy atom. The summed E-state index contributed by atoms with van der Waals surface area (Å²) in [4.78, 5) is 0. The second-order valence-corrected chi connectivity index (χ2v) is 5.15. The molecule has 0 unspecified atom stereocenters. The lowest BCUT2D eigenvalue weighted by molar-refractivity contribution is 1.20. The number of benzene rings is 3. The highest BCUT2D eigenvalue weighted by Crippen LogP contribution is 2.18. The number of anilines is 1. The fraction of sp³-hybridized carbons (Fsp3) is 0.0500. The zero-order chi connectivity index (χ0) is 15.2. The van der Waals surface area contributed by atoms with Crippen molar-refractivity contribution in [3.8, 4) is 6.07 Å². The lowest BCUT2D eigenvalue weighted by Crippen LogP contribution is -1.94. The summed E-state index contributed by atoms with van der Waals surface area (Å²) >= 11 is 0. The molecule has 0 radical (unpaired) electrons. The SMILES string of the molecule is N#C/C(=C\Nc1ccccc1)Cc1ccc2ccccc2c1. The van der Waals surface area contributed by atoms with Crippen LogP contribution in [0.5, 0.6) is 0 Å². The van der Waals surface area contributed by atoms with E-state index in [0.717, 1.165) is 11.3 Å². The van der Waals surface area contributed by atoms with Gasteiger partial charge in [0.1, 0.15) is 0 Å². The van der Waals surface area contributed by atoms with Gasteiger partial charge < -0.3 is 5.32 Å². The van der Waals surface area contributed by atoms with Gasteiger partial charge in [-0.25, -0.2) is 0 Å². The van der Waals surface area contributed by atoms with Crippen LogP contribution in [0.2, 0.25) is 0 Å². The first-order valence-corrected chi connectivity index (χ1v) is 7.23. The molecule has 0 spiro atoms. The zero-order valence-electron chi connectivity index (χ0n) is 12.2. The Kier molecular flexibility index (Phi) is 4.17. The predicted molar refractivity (Wildman–Crippen MR) is 91.4 cm³/mol. The highest BCUT2D eigenvalue weighted by molar-refractivity contribution is 5.83. The molecule has 0 bridgehead atoms. The Morgan fingerprint density at radius 3 is 2.41 bits per heavy atom. The van der Waals surface area contributed by atoms with Crippen molar-refractivity contribution in [3.63, 3.8) is 0 Å². The summed E-state index contributed by atoms with van der Waals surface area (Å²) in [5, 5.41) is 14.9. The van der Waals surface area contributed by atoms with Crippen molar-refractivity contribution in [2.45, 2.75) is 6.42 Å². The average molecular weight is 284 g/mol. The van der Waals surface area contributed by atoms with Crippen LogP contribution in [0.4, 0.5) is 5.69 Å². The molecule has 0 aromatic heterocycles. The fourth-order valence-corrected chi connectivity index (χ4v) is 2.40. The van der Waals surface area contributed by atoms with E-state index in [-0.39, 0.29) is 0 Å². The Balaban J connectivity index is 1.78. The van der Waals surface area contributed by atoms with Gasteiger partial charge in [-0.15, -0.1) is 0 Å².